The van der Waals surface area contributed by atoms with E-state index in [0.717, 1.165) is 27.9 Å². The molecule has 1 heterocycles. The smallest absolute Gasteiger partial charge is 0.282 e. The highest BCUT2D eigenvalue weighted by molar-refractivity contribution is 6.46. The lowest BCUT2D eigenvalue weighted by Crippen LogP contribution is -2.32. The van der Waals surface area contributed by atoms with E-state index in [1.807, 2.05) is 75.4 Å². The van der Waals surface area contributed by atoms with Crippen LogP contribution in [0.5, 0.6) is 0 Å². The number of hydrogen-bond donors (Lipinski definition) is 1. The number of benzene rings is 3. The van der Waals surface area contributed by atoms with Crippen LogP contribution in [0.25, 0.3) is 5.57 Å². The van der Waals surface area contributed by atoms with Crippen LogP contribution in [0.1, 0.15) is 48.6 Å². The third kappa shape index (κ3) is 4.34. The SMILES string of the molecule is Cc1ccc(N2C(=O)C(Nc3ccc(C(C)(C)C)cc3)=C(c3ccc(C)c(C)c3)C2=O)cc1. The molecule has 1 aliphatic rings. The lowest BCUT2D eigenvalue weighted by molar-refractivity contribution is -0.120. The number of nitrogens with one attached hydrogen (secondary N) is 1. The Balaban J connectivity index is 1.79. The summed E-state index contributed by atoms with van der Waals surface area (Å²) in [5, 5.41) is 3.26. The molecule has 4 rings (SSSR count). The van der Waals surface area contributed by atoms with Gasteiger partial charge in [0.2, 0.25) is 0 Å². The maximum absolute atomic E-state index is 13.6. The highest BCUT2D eigenvalue weighted by atomic mass is 16.2. The Bertz CT molecular complexity index is 1260. The van der Waals surface area contributed by atoms with E-state index < -0.39 is 0 Å². The zero-order valence-corrected chi connectivity index (χ0v) is 20.1. The largest absolute Gasteiger partial charge is 0.350 e. The van der Waals surface area contributed by atoms with Gasteiger partial charge >= 0.3 is 0 Å². The predicted molar refractivity (Wildman–Crippen MR) is 135 cm³/mol. The minimum atomic E-state index is -0.350. The molecule has 0 aromatic heterocycles. The number of hydrogen-bond acceptors (Lipinski definition) is 3. The summed E-state index contributed by atoms with van der Waals surface area (Å²) in [7, 11) is 0. The molecule has 33 heavy (non-hydrogen) atoms. The normalized spacial score (nSPS) is 14.3. The summed E-state index contributed by atoms with van der Waals surface area (Å²) in [6.07, 6.45) is 0. The Hall–Kier alpha value is -3.66. The number of imide groups is 1. The summed E-state index contributed by atoms with van der Waals surface area (Å²) < 4.78 is 0. The molecule has 1 N–H and O–H groups in total. The maximum Gasteiger partial charge on any atom is 0.282 e. The lowest BCUT2D eigenvalue weighted by atomic mass is 9.87. The zero-order valence-electron chi connectivity index (χ0n) is 20.1. The molecule has 0 radical (unpaired) electrons. The van der Waals surface area contributed by atoms with E-state index >= 15 is 0 Å². The fourth-order valence-corrected chi connectivity index (χ4v) is 3.94. The van der Waals surface area contributed by atoms with Crippen molar-refractivity contribution in [1.29, 1.82) is 0 Å². The van der Waals surface area contributed by atoms with Gasteiger partial charge in [-0.2, -0.15) is 0 Å². The number of amides is 2. The van der Waals surface area contributed by atoms with Crippen LogP contribution >= 0.6 is 0 Å². The fourth-order valence-electron chi connectivity index (χ4n) is 3.94. The summed E-state index contributed by atoms with van der Waals surface area (Å²) in [5.41, 5.74) is 7.27. The predicted octanol–water partition coefficient (Wildman–Crippen LogP) is 6.31. The molecule has 0 atom stereocenters. The lowest BCUT2D eigenvalue weighted by Gasteiger charge is -2.19. The number of carbonyl (C=O) groups excluding carboxylic acids is 2. The van der Waals surface area contributed by atoms with Gasteiger partial charge in [-0.05, 0) is 72.7 Å². The van der Waals surface area contributed by atoms with Crippen molar-refractivity contribution in [1.82, 2.24) is 0 Å². The summed E-state index contributed by atoms with van der Waals surface area (Å²) in [6, 6.07) is 21.3. The number of carbonyl (C=O) groups is 2. The average molecular weight is 439 g/mol. The fraction of sp³-hybridized carbons (Fsp3) is 0.241. The topological polar surface area (TPSA) is 49.4 Å². The molecule has 0 unspecified atom stereocenters. The first-order valence-corrected chi connectivity index (χ1v) is 11.2. The van der Waals surface area contributed by atoms with E-state index in [2.05, 4.69) is 38.2 Å². The monoisotopic (exact) mass is 438 g/mol. The molecule has 0 fully saturated rings. The van der Waals surface area contributed by atoms with E-state index in [1.165, 1.54) is 10.5 Å². The van der Waals surface area contributed by atoms with E-state index in [-0.39, 0.29) is 17.2 Å². The molecule has 0 spiro atoms. The Kier molecular flexibility index (Phi) is 5.71. The molecule has 0 bridgehead atoms. The molecule has 3 aromatic rings. The molecule has 0 saturated heterocycles. The molecule has 4 heteroatoms. The average Bonchev–Trinajstić information content (AvgIpc) is 3.00. The minimum absolute atomic E-state index is 0.0315. The highest BCUT2D eigenvalue weighted by Gasteiger charge is 2.40. The van der Waals surface area contributed by atoms with Crippen LogP contribution in [-0.4, -0.2) is 11.8 Å². The first kappa shape index (κ1) is 22.5. The number of nitrogens with zero attached hydrogens (tertiary/aromatic N) is 1. The third-order valence-electron chi connectivity index (χ3n) is 6.19. The van der Waals surface area contributed by atoms with Crippen LogP contribution in [0.4, 0.5) is 11.4 Å². The first-order chi connectivity index (χ1) is 15.6. The molecule has 0 aliphatic carbocycles. The Morgan fingerprint density at radius 2 is 1.36 bits per heavy atom. The second-order valence-electron chi connectivity index (χ2n) is 9.78. The van der Waals surface area contributed by atoms with E-state index in [1.54, 1.807) is 0 Å². The maximum atomic E-state index is 13.6. The Morgan fingerprint density at radius 1 is 0.727 bits per heavy atom. The van der Waals surface area contributed by atoms with Crippen molar-refractivity contribution >= 4 is 28.8 Å². The van der Waals surface area contributed by atoms with Crippen molar-refractivity contribution in [3.8, 4) is 0 Å². The van der Waals surface area contributed by atoms with Crippen LogP contribution in [0.3, 0.4) is 0 Å². The summed E-state index contributed by atoms with van der Waals surface area (Å²) in [4.78, 5) is 28.4. The van der Waals surface area contributed by atoms with Crippen LogP contribution in [0.2, 0.25) is 0 Å². The molecule has 168 valence electrons. The molecule has 4 nitrogen and oxygen atoms in total. The second-order valence-corrected chi connectivity index (χ2v) is 9.78. The quantitative estimate of drug-likeness (QED) is 0.486. The summed E-state index contributed by atoms with van der Waals surface area (Å²) in [5.74, 6) is -0.669. The van der Waals surface area contributed by atoms with E-state index in [4.69, 9.17) is 0 Å². The van der Waals surface area contributed by atoms with Gasteiger partial charge in [-0.15, -0.1) is 0 Å². The van der Waals surface area contributed by atoms with E-state index in [9.17, 15) is 9.59 Å². The van der Waals surface area contributed by atoms with Crippen LogP contribution < -0.4 is 10.2 Å². The van der Waals surface area contributed by atoms with Crippen molar-refractivity contribution in [2.24, 2.45) is 0 Å². The molecular weight excluding hydrogens is 408 g/mol. The van der Waals surface area contributed by atoms with Crippen molar-refractivity contribution in [3.05, 3.63) is 100 Å². The van der Waals surface area contributed by atoms with Crippen LogP contribution in [-0.2, 0) is 15.0 Å². The number of rotatable bonds is 4. The van der Waals surface area contributed by atoms with Gasteiger partial charge < -0.3 is 5.32 Å². The van der Waals surface area contributed by atoms with Gasteiger partial charge in [0, 0.05) is 5.69 Å². The van der Waals surface area contributed by atoms with E-state index in [0.29, 0.717) is 17.0 Å². The first-order valence-electron chi connectivity index (χ1n) is 11.2. The molecule has 0 saturated carbocycles. The van der Waals surface area contributed by atoms with Gasteiger partial charge in [0.25, 0.3) is 11.8 Å². The number of anilines is 2. The number of aryl methyl sites for hydroxylation is 3. The summed E-state index contributed by atoms with van der Waals surface area (Å²) >= 11 is 0. The van der Waals surface area contributed by atoms with Crippen molar-refractivity contribution in [3.63, 3.8) is 0 Å². The molecule has 2 amide bonds. The molecular formula is C29H30N2O2. The summed E-state index contributed by atoms with van der Waals surface area (Å²) in [6.45, 7) is 12.5. The standard InChI is InChI=1S/C29H30N2O2/c1-18-7-15-24(16-8-18)31-27(32)25(21-10-9-19(2)20(3)17-21)26(28(31)33)30-23-13-11-22(12-14-23)29(4,5)6/h7-17,30H,1-6H3. The Labute approximate surface area is 195 Å². The minimum Gasteiger partial charge on any atom is -0.350 e. The van der Waals surface area contributed by atoms with Gasteiger partial charge in [-0.3, -0.25) is 9.59 Å². The van der Waals surface area contributed by atoms with Gasteiger partial charge in [0.15, 0.2) is 0 Å². The molecule has 3 aromatic carbocycles. The van der Waals surface area contributed by atoms with Gasteiger partial charge in [0.05, 0.1) is 11.3 Å². The van der Waals surface area contributed by atoms with Crippen LogP contribution in [0, 0.1) is 20.8 Å². The van der Waals surface area contributed by atoms with Crippen molar-refractivity contribution in [2.75, 3.05) is 10.2 Å². The van der Waals surface area contributed by atoms with Gasteiger partial charge in [-0.1, -0.05) is 68.8 Å². The zero-order chi connectivity index (χ0) is 23.9. The van der Waals surface area contributed by atoms with Crippen LogP contribution in [0.15, 0.2) is 72.4 Å². The Morgan fingerprint density at radius 3 is 1.94 bits per heavy atom. The van der Waals surface area contributed by atoms with Crippen molar-refractivity contribution in [2.45, 2.75) is 47.0 Å². The highest BCUT2D eigenvalue weighted by Crippen LogP contribution is 2.35. The van der Waals surface area contributed by atoms with Gasteiger partial charge in [0.1, 0.15) is 5.70 Å². The van der Waals surface area contributed by atoms with Gasteiger partial charge in [-0.25, -0.2) is 4.90 Å². The third-order valence-corrected chi connectivity index (χ3v) is 6.19. The molecule has 1 aliphatic heterocycles. The second kappa shape index (κ2) is 8.36. The van der Waals surface area contributed by atoms with Crippen molar-refractivity contribution < 1.29 is 9.59 Å².